The van der Waals surface area contributed by atoms with E-state index in [0.29, 0.717) is 0 Å². The average molecular weight is 401 g/mol. The third-order valence-corrected chi connectivity index (χ3v) is 4.74. The molecule has 6 nitrogen and oxygen atoms in total. The number of hydrogen-bond donors (Lipinski definition) is 3. The molecule has 0 radical (unpaired) electrons. The molecule has 1 atom stereocenters. The predicted octanol–water partition coefficient (Wildman–Crippen LogP) is 4.30. The number of thiophene rings is 1. The second kappa shape index (κ2) is 9.34. The monoisotopic (exact) mass is 401 g/mol. The number of fused-ring (bicyclic) bond motifs is 1. The van der Waals surface area contributed by atoms with Gasteiger partial charge in [-0.1, -0.05) is 42.5 Å². The molecule has 0 amide bonds. The van der Waals surface area contributed by atoms with Gasteiger partial charge >= 0.3 is 11.9 Å². The lowest BCUT2D eigenvalue weighted by Crippen LogP contribution is -2.35. The molecule has 4 N–H and O–H groups in total. The number of aliphatic carboxylic acids is 2. The van der Waals surface area contributed by atoms with Crippen LogP contribution in [0.15, 0.2) is 60.0 Å². The van der Waals surface area contributed by atoms with E-state index in [1.807, 2.05) is 38.1 Å². The van der Waals surface area contributed by atoms with Crippen molar-refractivity contribution in [2.75, 3.05) is 0 Å². The largest absolute Gasteiger partial charge is 0.484 e. The van der Waals surface area contributed by atoms with Crippen LogP contribution in [0.5, 0.6) is 5.75 Å². The van der Waals surface area contributed by atoms with Crippen LogP contribution in [0.25, 0.3) is 10.8 Å². The maximum Gasteiger partial charge on any atom is 0.414 e. The van der Waals surface area contributed by atoms with Crippen molar-refractivity contribution in [1.82, 2.24) is 0 Å². The molecule has 0 saturated carbocycles. The molecule has 1 unspecified atom stereocenters. The highest BCUT2D eigenvalue weighted by atomic mass is 32.1. The zero-order chi connectivity index (χ0) is 20.7. The molecule has 0 bridgehead atoms. The first-order chi connectivity index (χ1) is 13.2. The van der Waals surface area contributed by atoms with E-state index < -0.39 is 11.9 Å². The van der Waals surface area contributed by atoms with Gasteiger partial charge in [0.1, 0.15) is 11.9 Å². The molecule has 0 aliphatic carbocycles. The molecule has 148 valence electrons. The van der Waals surface area contributed by atoms with Crippen molar-refractivity contribution in [3.63, 3.8) is 0 Å². The lowest BCUT2D eigenvalue weighted by atomic mass is 9.97. The van der Waals surface area contributed by atoms with Crippen LogP contribution >= 0.6 is 11.3 Å². The van der Waals surface area contributed by atoms with E-state index in [-0.39, 0.29) is 11.6 Å². The lowest BCUT2D eigenvalue weighted by Gasteiger charge is -2.26. The standard InChI is InChI=1S/C19H21NOS.C2H2O4/c1-19(2,20)13-17(18-11-6-12-22-18)21-16-10-5-8-14-7-3-4-9-15(14)16;3-1(4)2(5)6/h3-12,17H,13,20H2,1-2H3;(H,3,4)(H,5,6). The first kappa shape index (κ1) is 21.4. The van der Waals surface area contributed by atoms with Crippen molar-refractivity contribution >= 4 is 34.0 Å². The maximum atomic E-state index is 9.10. The second-order valence-corrected chi connectivity index (χ2v) is 7.88. The summed E-state index contributed by atoms with van der Waals surface area (Å²) in [6.45, 7) is 4.08. The van der Waals surface area contributed by atoms with E-state index in [2.05, 4.69) is 35.7 Å². The molecule has 1 heterocycles. The van der Waals surface area contributed by atoms with E-state index in [4.69, 9.17) is 30.3 Å². The van der Waals surface area contributed by atoms with Crippen molar-refractivity contribution < 1.29 is 24.5 Å². The molecule has 0 aliphatic rings. The van der Waals surface area contributed by atoms with Gasteiger partial charge in [0.15, 0.2) is 0 Å². The van der Waals surface area contributed by atoms with Crippen molar-refractivity contribution in [2.24, 2.45) is 5.73 Å². The van der Waals surface area contributed by atoms with E-state index >= 15 is 0 Å². The summed E-state index contributed by atoms with van der Waals surface area (Å²) in [4.78, 5) is 19.4. The maximum absolute atomic E-state index is 9.10. The van der Waals surface area contributed by atoms with E-state index in [1.54, 1.807) is 11.3 Å². The molecule has 0 fully saturated rings. The van der Waals surface area contributed by atoms with Crippen LogP contribution in [0, 0.1) is 0 Å². The molecule has 0 aliphatic heterocycles. The van der Waals surface area contributed by atoms with Gasteiger partial charge in [-0.15, -0.1) is 11.3 Å². The molecule has 28 heavy (non-hydrogen) atoms. The average Bonchev–Trinajstić information content (AvgIpc) is 3.15. The molecular formula is C21H23NO5S. The Balaban J connectivity index is 0.000000409. The summed E-state index contributed by atoms with van der Waals surface area (Å²) in [5.74, 6) is -2.73. The fourth-order valence-electron chi connectivity index (χ4n) is 2.60. The SMILES string of the molecule is CC(C)(N)CC(Oc1cccc2ccccc12)c1cccs1.O=C(O)C(=O)O. The third kappa shape index (κ3) is 6.37. The minimum Gasteiger partial charge on any atom is -0.484 e. The summed E-state index contributed by atoms with van der Waals surface area (Å²) in [5, 5.41) is 19.2. The molecule has 1 aromatic heterocycles. The van der Waals surface area contributed by atoms with Crippen LogP contribution in [0.1, 0.15) is 31.2 Å². The molecule has 2 aromatic carbocycles. The third-order valence-electron chi connectivity index (χ3n) is 3.77. The summed E-state index contributed by atoms with van der Waals surface area (Å²) in [5.41, 5.74) is 5.95. The minimum atomic E-state index is -1.82. The summed E-state index contributed by atoms with van der Waals surface area (Å²) < 4.78 is 6.38. The number of rotatable bonds is 5. The van der Waals surface area contributed by atoms with Gasteiger partial charge in [-0.2, -0.15) is 0 Å². The second-order valence-electron chi connectivity index (χ2n) is 6.90. The Morgan fingerprint density at radius 2 is 1.68 bits per heavy atom. The van der Waals surface area contributed by atoms with Gasteiger partial charge in [-0.25, -0.2) is 9.59 Å². The number of hydrogen-bond acceptors (Lipinski definition) is 5. The number of benzene rings is 2. The van der Waals surface area contributed by atoms with Crippen LogP contribution in [-0.4, -0.2) is 27.7 Å². The molecular weight excluding hydrogens is 378 g/mol. The Bertz CT molecular complexity index is 914. The highest BCUT2D eigenvalue weighted by Crippen LogP contribution is 2.34. The zero-order valence-electron chi connectivity index (χ0n) is 15.7. The smallest absolute Gasteiger partial charge is 0.414 e. The number of carboxylic acid groups (broad SMARTS) is 2. The molecule has 3 rings (SSSR count). The van der Waals surface area contributed by atoms with Gasteiger partial charge in [-0.05, 0) is 36.7 Å². The highest BCUT2D eigenvalue weighted by Gasteiger charge is 2.23. The summed E-state index contributed by atoms with van der Waals surface area (Å²) >= 11 is 1.72. The van der Waals surface area contributed by atoms with Crippen LogP contribution in [0.3, 0.4) is 0 Å². The first-order valence-corrected chi connectivity index (χ1v) is 9.48. The highest BCUT2D eigenvalue weighted by molar-refractivity contribution is 7.10. The van der Waals surface area contributed by atoms with Gasteiger partial charge in [0.2, 0.25) is 0 Å². The number of nitrogens with two attached hydrogens (primary N) is 1. The Morgan fingerprint density at radius 3 is 2.25 bits per heavy atom. The molecule has 3 aromatic rings. The number of ether oxygens (including phenoxy) is 1. The van der Waals surface area contributed by atoms with Gasteiger partial charge in [0, 0.05) is 22.2 Å². The van der Waals surface area contributed by atoms with E-state index in [9.17, 15) is 0 Å². The summed E-state index contributed by atoms with van der Waals surface area (Å²) in [6.07, 6.45) is 0.752. The molecule has 0 spiro atoms. The Hall–Kier alpha value is -2.90. The van der Waals surface area contributed by atoms with Gasteiger partial charge in [0.25, 0.3) is 0 Å². The minimum absolute atomic E-state index is 0.0224. The van der Waals surface area contributed by atoms with Crippen LogP contribution in [-0.2, 0) is 9.59 Å². The Morgan fingerprint density at radius 1 is 1.04 bits per heavy atom. The van der Waals surface area contributed by atoms with Crippen LogP contribution in [0.4, 0.5) is 0 Å². The first-order valence-electron chi connectivity index (χ1n) is 8.60. The summed E-state index contributed by atoms with van der Waals surface area (Å²) in [7, 11) is 0. The van der Waals surface area contributed by atoms with E-state index in [0.717, 1.165) is 17.6 Å². The fraction of sp³-hybridized carbons (Fsp3) is 0.238. The zero-order valence-corrected chi connectivity index (χ0v) is 16.5. The van der Waals surface area contributed by atoms with Gasteiger partial charge in [-0.3, -0.25) is 0 Å². The number of carboxylic acids is 2. The fourth-order valence-corrected chi connectivity index (χ4v) is 3.36. The molecule has 7 heteroatoms. The lowest BCUT2D eigenvalue weighted by molar-refractivity contribution is -0.159. The van der Waals surface area contributed by atoms with Gasteiger partial charge < -0.3 is 20.7 Å². The Labute approximate surface area is 167 Å². The predicted molar refractivity (Wildman–Crippen MR) is 110 cm³/mol. The van der Waals surface area contributed by atoms with Gasteiger partial charge in [0.05, 0.1) is 0 Å². The van der Waals surface area contributed by atoms with Crippen LogP contribution < -0.4 is 10.5 Å². The van der Waals surface area contributed by atoms with Crippen molar-refractivity contribution in [3.05, 3.63) is 64.9 Å². The Kier molecular flexibility index (Phi) is 7.14. The summed E-state index contributed by atoms with van der Waals surface area (Å²) in [6, 6.07) is 18.7. The van der Waals surface area contributed by atoms with Crippen molar-refractivity contribution in [1.29, 1.82) is 0 Å². The van der Waals surface area contributed by atoms with Crippen molar-refractivity contribution in [3.8, 4) is 5.75 Å². The molecule has 0 saturated heterocycles. The normalized spacial score (nSPS) is 12.0. The number of carbonyl (C=O) groups is 2. The quantitative estimate of drug-likeness (QED) is 0.550. The van der Waals surface area contributed by atoms with E-state index in [1.165, 1.54) is 10.3 Å². The van der Waals surface area contributed by atoms with Crippen LogP contribution in [0.2, 0.25) is 0 Å². The van der Waals surface area contributed by atoms with Crippen molar-refractivity contribution in [2.45, 2.75) is 31.9 Å². The topological polar surface area (TPSA) is 110 Å².